The Balaban J connectivity index is 2.72. The first kappa shape index (κ1) is 11.5. The fourth-order valence-corrected chi connectivity index (χ4v) is 1.75. The van der Waals surface area contributed by atoms with Gasteiger partial charge in [-0.25, -0.2) is 4.98 Å². The lowest BCUT2D eigenvalue weighted by molar-refractivity contribution is -0.384. The van der Waals surface area contributed by atoms with Gasteiger partial charge in [0.1, 0.15) is 5.69 Å². The summed E-state index contributed by atoms with van der Waals surface area (Å²) in [5.41, 5.74) is -0.395. The van der Waals surface area contributed by atoms with E-state index in [0.717, 1.165) is 0 Å². The number of halogens is 1. The Morgan fingerprint density at radius 1 is 1.41 bits per heavy atom. The van der Waals surface area contributed by atoms with Crippen molar-refractivity contribution in [1.29, 1.82) is 0 Å². The van der Waals surface area contributed by atoms with Crippen LogP contribution in [0, 0.1) is 10.1 Å². The third kappa shape index (κ3) is 2.23. The van der Waals surface area contributed by atoms with E-state index in [2.05, 4.69) is 25.9 Å². The van der Waals surface area contributed by atoms with Crippen LogP contribution in [0.15, 0.2) is 39.9 Å². The number of nitrogens with zero attached hydrogens (tertiary/aromatic N) is 2. The van der Waals surface area contributed by atoms with E-state index in [1.807, 2.05) is 0 Å². The molecule has 0 saturated carbocycles. The van der Waals surface area contributed by atoms with Crippen LogP contribution in [0.25, 0.3) is 11.3 Å². The van der Waals surface area contributed by atoms with Crippen LogP contribution in [0.3, 0.4) is 0 Å². The third-order valence-corrected chi connectivity index (χ3v) is 2.61. The van der Waals surface area contributed by atoms with Crippen LogP contribution >= 0.6 is 15.9 Å². The first-order valence-electron chi connectivity index (χ1n) is 4.57. The number of H-pyrrole nitrogens is 1. The summed E-state index contributed by atoms with van der Waals surface area (Å²) in [4.78, 5) is 28.2. The zero-order chi connectivity index (χ0) is 12.4. The van der Waals surface area contributed by atoms with Gasteiger partial charge in [0.25, 0.3) is 11.2 Å². The summed E-state index contributed by atoms with van der Waals surface area (Å²) >= 11 is 3.14. The minimum atomic E-state index is -0.547. The van der Waals surface area contributed by atoms with Gasteiger partial charge in [-0.1, -0.05) is 15.9 Å². The number of hydrogen-bond donors (Lipinski definition) is 1. The molecule has 0 aliphatic rings. The Morgan fingerprint density at radius 3 is 2.82 bits per heavy atom. The molecular weight excluding hydrogens is 290 g/mol. The average molecular weight is 296 g/mol. The highest BCUT2D eigenvalue weighted by molar-refractivity contribution is 9.10. The molecule has 0 unspecified atom stereocenters. The van der Waals surface area contributed by atoms with E-state index in [1.54, 1.807) is 6.07 Å². The lowest BCUT2D eigenvalue weighted by atomic mass is 10.1. The highest BCUT2D eigenvalue weighted by atomic mass is 79.9. The Bertz CT molecular complexity index is 639. The standard InChI is InChI=1S/C10H6BrN3O3/c11-6-1-2-7(8(5-6)14(16)17)9-10(15)13-4-3-12-9/h1-5H,(H,13,15). The van der Waals surface area contributed by atoms with Crippen molar-refractivity contribution in [2.75, 3.05) is 0 Å². The maximum absolute atomic E-state index is 11.5. The SMILES string of the molecule is O=c1[nH]ccnc1-c1ccc(Br)cc1[N+](=O)[O-]. The second-order valence-corrected chi connectivity index (χ2v) is 4.10. The highest BCUT2D eigenvalue weighted by Gasteiger charge is 2.18. The van der Waals surface area contributed by atoms with Crippen molar-refractivity contribution in [3.8, 4) is 11.3 Å². The van der Waals surface area contributed by atoms with Gasteiger partial charge in [0, 0.05) is 22.9 Å². The quantitative estimate of drug-likeness (QED) is 0.679. The number of benzene rings is 1. The Labute approximate surface area is 104 Å². The number of hydrogen-bond acceptors (Lipinski definition) is 4. The van der Waals surface area contributed by atoms with Crippen molar-refractivity contribution in [2.45, 2.75) is 0 Å². The van der Waals surface area contributed by atoms with Crippen LogP contribution in [0.4, 0.5) is 5.69 Å². The first-order chi connectivity index (χ1) is 8.09. The average Bonchev–Trinajstić information content (AvgIpc) is 2.30. The van der Waals surface area contributed by atoms with E-state index in [0.29, 0.717) is 4.47 Å². The summed E-state index contributed by atoms with van der Waals surface area (Å²) in [6, 6.07) is 4.44. The first-order valence-corrected chi connectivity index (χ1v) is 5.37. The fraction of sp³-hybridized carbons (Fsp3) is 0. The molecule has 6 nitrogen and oxygen atoms in total. The molecule has 0 radical (unpaired) electrons. The monoisotopic (exact) mass is 295 g/mol. The van der Waals surface area contributed by atoms with Gasteiger partial charge >= 0.3 is 0 Å². The summed E-state index contributed by atoms with van der Waals surface area (Å²) in [7, 11) is 0. The molecule has 0 atom stereocenters. The van der Waals surface area contributed by atoms with Crippen molar-refractivity contribution >= 4 is 21.6 Å². The lowest BCUT2D eigenvalue weighted by Crippen LogP contribution is -2.10. The molecular formula is C10H6BrN3O3. The molecule has 2 aromatic rings. The predicted molar refractivity (Wildman–Crippen MR) is 64.6 cm³/mol. The lowest BCUT2D eigenvalue weighted by Gasteiger charge is -2.01. The molecule has 0 spiro atoms. The zero-order valence-corrected chi connectivity index (χ0v) is 9.97. The van der Waals surface area contributed by atoms with Gasteiger partial charge in [-0.15, -0.1) is 0 Å². The smallest absolute Gasteiger partial charge is 0.280 e. The van der Waals surface area contributed by atoms with Crippen LogP contribution in [0.2, 0.25) is 0 Å². The highest BCUT2D eigenvalue weighted by Crippen LogP contribution is 2.29. The van der Waals surface area contributed by atoms with Crippen molar-refractivity contribution < 1.29 is 4.92 Å². The summed E-state index contributed by atoms with van der Waals surface area (Å²) in [5.74, 6) is 0. The number of nitro groups is 1. The molecule has 17 heavy (non-hydrogen) atoms. The van der Waals surface area contributed by atoms with Crippen LogP contribution in [0.1, 0.15) is 0 Å². The van der Waals surface area contributed by atoms with Crippen LogP contribution in [0.5, 0.6) is 0 Å². The maximum Gasteiger partial charge on any atom is 0.280 e. The van der Waals surface area contributed by atoms with Gasteiger partial charge in [-0.2, -0.15) is 0 Å². The number of nitro benzene ring substituents is 1. The van der Waals surface area contributed by atoms with E-state index in [1.165, 1.54) is 24.5 Å². The number of aromatic nitrogens is 2. The van der Waals surface area contributed by atoms with Gasteiger partial charge in [-0.05, 0) is 12.1 Å². The maximum atomic E-state index is 11.5. The van der Waals surface area contributed by atoms with Crippen molar-refractivity contribution in [3.05, 3.63) is 55.5 Å². The van der Waals surface area contributed by atoms with Gasteiger partial charge in [0.2, 0.25) is 0 Å². The molecule has 0 aliphatic carbocycles. The second kappa shape index (κ2) is 4.46. The summed E-state index contributed by atoms with van der Waals surface area (Å²) in [6.45, 7) is 0. The molecule has 0 fully saturated rings. The molecule has 0 amide bonds. The van der Waals surface area contributed by atoms with Crippen LogP contribution in [-0.2, 0) is 0 Å². The normalized spacial score (nSPS) is 10.2. The van der Waals surface area contributed by atoms with Gasteiger partial charge < -0.3 is 4.98 Å². The fourth-order valence-electron chi connectivity index (χ4n) is 1.40. The minimum absolute atomic E-state index is 0.0340. The van der Waals surface area contributed by atoms with Crippen molar-refractivity contribution in [2.24, 2.45) is 0 Å². The van der Waals surface area contributed by atoms with Gasteiger partial charge in [-0.3, -0.25) is 14.9 Å². The number of nitrogens with one attached hydrogen (secondary N) is 1. The van der Waals surface area contributed by atoms with Crippen LogP contribution in [-0.4, -0.2) is 14.9 Å². The molecule has 7 heteroatoms. The summed E-state index contributed by atoms with van der Waals surface area (Å²) in [6.07, 6.45) is 2.75. The second-order valence-electron chi connectivity index (χ2n) is 3.19. The van der Waals surface area contributed by atoms with Gasteiger partial charge in [0.15, 0.2) is 0 Å². The van der Waals surface area contributed by atoms with Gasteiger partial charge in [0.05, 0.1) is 10.5 Å². The van der Waals surface area contributed by atoms with E-state index in [4.69, 9.17) is 0 Å². The molecule has 0 bridgehead atoms. The van der Waals surface area contributed by atoms with Crippen molar-refractivity contribution in [1.82, 2.24) is 9.97 Å². The summed E-state index contributed by atoms with van der Waals surface area (Å²) in [5, 5.41) is 10.9. The predicted octanol–water partition coefficient (Wildman–Crippen LogP) is 2.11. The van der Waals surface area contributed by atoms with E-state index in [-0.39, 0.29) is 16.9 Å². The van der Waals surface area contributed by atoms with Crippen molar-refractivity contribution in [3.63, 3.8) is 0 Å². The summed E-state index contributed by atoms with van der Waals surface area (Å²) < 4.78 is 0.570. The van der Waals surface area contributed by atoms with Crippen LogP contribution < -0.4 is 5.56 Å². The van der Waals surface area contributed by atoms with E-state index in [9.17, 15) is 14.9 Å². The number of aromatic amines is 1. The zero-order valence-electron chi connectivity index (χ0n) is 8.38. The molecule has 1 N–H and O–H groups in total. The molecule has 0 aliphatic heterocycles. The topological polar surface area (TPSA) is 88.9 Å². The Morgan fingerprint density at radius 2 is 2.18 bits per heavy atom. The molecule has 1 heterocycles. The third-order valence-electron chi connectivity index (χ3n) is 2.12. The molecule has 1 aromatic heterocycles. The molecule has 86 valence electrons. The minimum Gasteiger partial charge on any atom is -0.326 e. The molecule has 2 rings (SSSR count). The van der Waals surface area contributed by atoms with E-state index < -0.39 is 10.5 Å². The van der Waals surface area contributed by atoms with E-state index >= 15 is 0 Å². The molecule has 1 aromatic carbocycles. The Hall–Kier alpha value is -2.02. The molecule has 0 saturated heterocycles. The Kier molecular flexibility index (Phi) is 3.01. The largest absolute Gasteiger partial charge is 0.326 e. The number of rotatable bonds is 2.